The van der Waals surface area contributed by atoms with Crippen LogP contribution in [0.3, 0.4) is 0 Å². The first-order valence-electron chi connectivity index (χ1n) is 3.36. The number of hydrogen-bond donors (Lipinski definition) is 1. The number of hydrogen-bond acceptors (Lipinski definition) is 2. The second-order valence-electron chi connectivity index (χ2n) is 2.08. The molecule has 0 aliphatic carbocycles. The highest BCUT2D eigenvalue weighted by molar-refractivity contribution is 9.10. The number of hydroxylamine groups is 1. The van der Waals surface area contributed by atoms with E-state index in [1.807, 2.05) is 24.3 Å². The van der Waals surface area contributed by atoms with Crippen LogP contribution in [-0.2, 0) is 11.4 Å². The Morgan fingerprint density at radius 1 is 1.45 bits per heavy atom. The van der Waals surface area contributed by atoms with Gasteiger partial charge in [0.2, 0.25) is 0 Å². The monoisotopic (exact) mass is 215 g/mol. The Morgan fingerprint density at radius 3 is 2.82 bits per heavy atom. The Morgan fingerprint density at radius 2 is 2.18 bits per heavy atom. The summed E-state index contributed by atoms with van der Waals surface area (Å²) in [6, 6.07) is 7.97. The molecule has 1 N–H and O–H groups in total. The van der Waals surface area contributed by atoms with Crippen molar-refractivity contribution < 1.29 is 4.84 Å². The first-order chi connectivity index (χ1) is 5.34. The van der Waals surface area contributed by atoms with Crippen molar-refractivity contribution in [3.05, 3.63) is 34.3 Å². The molecule has 1 aromatic rings. The second-order valence-corrected chi connectivity index (χ2v) is 2.94. The van der Waals surface area contributed by atoms with Crippen LogP contribution in [0.5, 0.6) is 0 Å². The smallest absolute Gasteiger partial charge is 0.0943 e. The Balaban J connectivity index is 2.62. The van der Waals surface area contributed by atoms with E-state index >= 15 is 0 Å². The summed E-state index contributed by atoms with van der Waals surface area (Å²) in [6.45, 7) is 0.581. The zero-order valence-electron chi connectivity index (χ0n) is 6.30. The fraction of sp³-hybridized carbons (Fsp3) is 0.250. The predicted molar refractivity (Wildman–Crippen MR) is 48.0 cm³/mol. The van der Waals surface area contributed by atoms with Crippen LogP contribution in [0.15, 0.2) is 28.7 Å². The lowest BCUT2D eigenvalue weighted by Gasteiger charge is -2.02. The average molecular weight is 216 g/mol. The second kappa shape index (κ2) is 4.49. The molecular formula is C8H10BrNO. The summed E-state index contributed by atoms with van der Waals surface area (Å²) >= 11 is 3.42. The molecule has 0 atom stereocenters. The lowest BCUT2D eigenvalue weighted by atomic mass is 10.2. The van der Waals surface area contributed by atoms with Crippen molar-refractivity contribution in [2.45, 2.75) is 6.61 Å². The van der Waals surface area contributed by atoms with E-state index in [-0.39, 0.29) is 0 Å². The summed E-state index contributed by atoms with van der Waals surface area (Å²) in [5.41, 5.74) is 3.76. The molecule has 0 bridgehead atoms. The highest BCUT2D eigenvalue weighted by atomic mass is 79.9. The highest BCUT2D eigenvalue weighted by Crippen LogP contribution is 2.15. The molecule has 0 heterocycles. The molecule has 0 aromatic heterocycles. The first-order valence-corrected chi connectivity index (χ1v) is 4.16. The van der Waals surface area contributed by atoms with Crippen LogP contribution in [0.2, 0.25) is 0 Å². The molecule has 0 aliphatic heterocycles. The molecule has 0 saturated carbocycles. The molecule has 60 valence electrons. The zero-order chi connectivity index (χ0) is 8.10. The molecule has 11 heavy (non-hydrogen) atoms. The maximum Gasteiger partial charge on any atom is 0.0943 e. The summed E-state index contributed by atoms with van der Waals surface area (Å²) in [7, 11) is 1.75. The van der Waals surface area contributed by atoms with Crippen molar-refractivity contribution in [3.63, 3.8) is 0 Å². The van der Waals surface area contributed by atoms with Crippen molar-refractivity contribution >= 4 is 15.9 Å². The first kappa shape index (κ1) is 8.71. The topological polar surface area (TPSA) is 21.3 Å². The fourth-order valence-electron chi connectivity index (χ4n) is 0.765. The summed E-state index contributed by atoms with van der Waals surface area (Å²) in [5.74, 6) is 0. The van der Waals surface area contributed by atoms with Gasteiger partial charge in [0.05, 0.1) is 6.61 Å². The van der Waals surface area contributed by atoms with Gasteiger partial charge in [0.1, 0.15) is 0 Å². The minimum Gasteiger partial charge on any atom is -0.297 e. The van der Waals surface area contributed by atoms with E-state index in [1.54, 1.807) is 7.05 Å². The lowest BCUT2D eigenvalue weighted by Crippen LogP contribution is -2.06. The molecular weight excluding hydrogens is 206 g/mol. The van der Waals surface area contributed by atoms with Crippen LogP contribution in [0.25, 0.3) is 0 Å². The van der Waals surface area contributed by atoms with E-state index in [1.165, 1.54) is 0 Å². The van der Waals surface area contributed by atoms with Crippen LogP contribution < -0.4 is 5.48 Å². The number of rotatable bonds is 3. The molecule has 0 radical (unpaired) electrons. The van der Waals surface area contributed by atoms with Gasteiger partial charge in [-0.05, 0) is 11.6 Å². The lowest BCUT2D eigenvalue weighted by molar-refractivity contribution is 0.0441. The maximum atomic E-state index is 5.02. The van der Waals surface area contributed by atoms with E-state index in [0.29, 0.717) is 6.61 Å². The largest absolute Gasteiger partial charge is 0.297 e. The van der Waals surface area contributed by atoms with Gasteiger partial charge >= 0.3 is 0 Å². The molecule has 0 fully saturated rings. The number of benzene rings is 1. The van der Waals surface area contributed by atoms with E-state index in [0.717, 1.165) is 10.0 Å². The predicted octanol–water partition coefficient (Wildman–Crippen LogP) is 2.10. The van der Waals surface area contributed by atoms with Gasteiger partial charge in [-0.3, -0.25) is 4.84 Å². The molecule has 2 nitrogen and oxygen atoms in total. The summed E-state index contributed by atoms with van der Waals surface area (Å²) in [5, 5.41) is 0. The van der Waals surface area contributed by atoms with Crippen LogP contribution in [0.1, 0.15) is 5.56 Å². The fourth-order valence-corrected chi connectivity index (χ4v) is 1.16. The minimum absolute atomic E-state index is 0.581. The van der Waals surface area contributed by atoms with E-state index < -0.39 is 0 Å². The minimum atomic E-state index is 0.581. The Bertz CT molecular complexity index is 227. The van der Waals surface area contributed by atoms with Gasteiger partial charge in [0, 0.05) is 11.5 Å². The van der Waals surface area contributed by atoms with Crippen molar-refractivity contribution in [1.82, 2.24) is 5.48 Å². The molecule has 1 aromatic carbocycles. The Labute approximate surface area is 74.6 Å². The van der Waals surface area contributed by atoms with Gasteiger partial charge in [0.25, 0.3) is 0 Å². The third-order valence-electron chi connectivity index (χ3n) is 1.33. The zero-order valence-corrected chi connectivity index (χ0v) is 7.89. The normalized spacial score (nSPS) is 10.0. The summed E-state index contributed by atoms with van der Waals surface area (Å²) in [6.07, 6.45) is 0. The van der Waals surface area contributed by atoms with Crippen molar-refractivity contribution in [2.24, 2.45) is 0 Å². The van der Waals surface area contributed by atoms with Crippen molar-refractivity contribution in [1.29, 1.82) is 0 Å². The van der Waals surface area contributed by atoms with Gasteiger partial charge < -0.3 is 0 Å². The van der Waals surface area contributed by atoms with Gasteiger partial charge in [-0.25, -0.2) is 5.48 Å². The van der Waals surface area contributed by atoms with Crippen LogP contribution in [-0.4, -0.2) is 7.05 Å². The molecule has 1 rings (SSSR count). The van der Waals surface area contributed by atoms with Gasteiger partial charge in [-0.15, -0.1) is 0 Å². The maximum absolute atomic E-state index is 5.02. The number of nitrogens with one attached hydrogen (secondary N) is 1. The standard InChI is InChI=1S/C8H10BrNO/c1-10-11-6-7-4-2-3-5-8(7)9/h2-5,10H,6H2,1H3. The van der Waals surface area contributed by atoms with Crippen LogP contribution >= 0.6 is 15.9 Å². The van der Waals surface area contributed by atoms with Crippen molar-refractivity contribution in [3.8, 4) is 0 Å². The SMILES string of the molecule is CNOCc1ccccc1Br. The molecule has 0 spiro atoms. The van der Waals surface area contributed by atoms with Crippen LogP contribution in [0, 0.1) is 0 Å². The highest BCUT2D eigenvalue weighted by Gasteiger charge is 1.96. The Hall–Kier alpha value is -0.380. The van der Waals surface area contributed by atoms with Crippen molar-refractivity contribution in [2.75, 3.05) is 7.05 Å². The third-order valence-corrected chi connectivity index (χ3v) is 2.10. The molecule has 3 heteroatoms. The molecule has 0 amide bonds. The summed E-state index contributed by atoms with van der Waals surface area (Å²) < 4.78 is 1.08. The van der Waals surface area contributed by atoms with E-state index in [2.05, 4.69) is 21.4 Å². The number of halogens is 1. The van der Waals surface area contributed by atoms with Gasteiger partial charge in [-0.1, -0.05) is 34.1 Å². The molecule has 0 saturated heterocycles. The third kappa shape index (κ3) is 2.61. The van der Waals surface area contributed by atoms with E-state index in [4.69, 9.17) is 4.84 Å². The van der Waals surface area contributed by atoms with Gasteiger partial charge in [0.15, 0.2) is 0 Å². The van der Waals surface area contributed by atoms with E-state index in [9.17, 15) is 0 Å². The quantitative estimate of drug-likeness (QED) is 0.781. The van der Waals surface area contributed by atoms with Gasteiger partial charge in [-0.2, -0.15) is 0 Å². The molecule has 0 unspecified atom stereocenters. The van der Waals surface area contributed by atoms with Crippen LogP contribution in [0.4, 0.5) is 0 Å². The Kier molecular flexibility index (Phi) is 3.56. The summed E-state index contributed by atoms with van der Waals surface area (Å²) in [4.78, 5) is 5.02. The average Bonchev–Trinajstić information content (AvgIpc) is 2.03. The molecule has 0 aliphatic rings.